The predicted octanol–water partition coefficient (Wildman–Crippen LogP) is 0.250. The first-order valence-electron chi connectivity index (χ1n) is 4.41. The predicted molar refractivity (Wildman–Crippen MR) is 57.7 cm³/mol. The van der Waals surface area contributed by atoms with Gasteiger partial charge in [0.1, 0.15) is 5.04 Å². The van der Waals surface area contributed by atoms with Gasteiger partial charge < -0.3 is 10.2 Å². The molecule has 0 aliphatic carbocycles. The van der Waals surface area contributed by atoms with E-state index < -0.39 is 6.09 Å². The standard InChI is InChI=1S/C8H13N3O3S/c1-5-7(10-14-8(13)9-2)15-4-6(12)11(5)3/h5H,4H2,1-3H3,(H,9,13). The van der Waals surface area contributed by atoms with Gasteiger partial charge in [-0.25, -0.2) is 4.79 Å². The molecule has 0 spiro atoms. The SMILES string of the molecule is CNC(=O)ON=C1SCC(=O)N(C)C1C. The van der Waals surface area contributed by atoms with Crippen molar-refractivity contribution in [2.24, 2.45) is 5.16 Å². The van der Waals surface area contributed by atoms with Crippen LogP contribution in [0.5, 0.6) is 0 Å². The van der Waals surface area contributed by atoms with Gasteiger partial charge in [-0.05, 0) is 6.92 Å². The van der Waals surface area contributed by atoms with Crippen molar-refractivity contribution in [3.05, 3.63) is 0 Å². The van der Waals surface area contributed by atoms with Crippen molar-refractivity contribution in [3.63, 3.8) is 0 Å². The number of rotatable bonds is 1. The molecule has 0 radical (unpaired) electrons. The second kappa shape index (κ2) is 5.01. The fraction of sp³-hybridized carbons (Fsp3) is 0.625. The second-order valence-electron chi connectivity index (χ2n) is 3.03. The Kier molecular flexibility index (Phi) is 3.96. The van der Waals surface area contributed by atoms with Gasteiger partial charge in [-0.3, -0.25) is 9.63 Å². The second-order valence-corrected chi connectivity index (χ2v) is 4.02. The fourth-order valence-electron chi connectivity index (χ4n) is 0.974. The van der Waals surface area contributed by atoms with Crippen molar-refractivity contribution in [3.8, 4) is 0 Å². The highest BCUT2D eigenvalue weighted by molar-refractivity contribution is 8.14. The minimum Gasteiger partial charge on any atom is -0.336 e. The van der Waals surface area contributed by atoms with E-state index in [1.807, 2.05) is 6.92 Å². The number of hydrogen-bond donors (Lipinski definition) is 1. The molecule has 1 heterocycles. The third kappa shape index (κ3) is 2.85. The summed E-state index contributed by atoms with van der Waals surface area (Å²) in [5, 5.41) is 6.60. The summed E-state index contributed by atoms with van der Waals surface area (Å²) in [5.41, 5.74) is 0. The maximum atomic E-state index is 11.3. The summed E-state index contributed by atoms with van der Waals surface area (Å²) in [6.07, 6.45) is -0.616. The van der Waals surface area contributed by atoms with Gasteiger partial charge in [0.15, 0.2) is 0 Å². The molecule has 2 amide bonds. The zero-order valence-electron chi connectivity index (χ0n) is 8.81. The lowest BCUT2D eigenvalue weighted by molar-refractivity contribution is -0.127. The van der Waals surface area contributed by atoms with Crippen molar-refractivity contribution >= 4 is 28.8 Å². The molecular formula is C8H13N3O3S. The van der Waals surface area contributed by atoms with Crippen molar-refractivity contribution in [2.45, 2.75) is 13.0 Å². The van der Waals surface area contributed by atoms with Crippen molar-refractivity contribution in [2.75, 3.05) is 19.8 Å². The molecule has 1 rings (SSSR count). The normalized spacial score (nSPS) is 24.2. The van der Waals surface area contributed by atoms with E-state index >= 15 is 0 Å². The molecule has 0 bridgehead atoms. The Bertz CT molecular complexity index is 306. The molecule has 1 fully saturated rings. The van der Waals surface area contributed by atoms with Gasteiger partial charge in [-0.1, -0.05) is 16.9 Å². The lowest BCUT2D eigenvalue weighted by Gasteiger charge is -2.29. The molecule has 1 aliphatic heterocycles. The molecule has 0 aromatic carbocycles. The van der Waals surface area contributed by atoms with E-state index in [4.69, 9.17) is 0 Å². The Morgan fingerprint density at radius 1 is 1.73 bits per heavy atom. The molecule has 15 heavy (non-hydrogen) atoms. The van der Waals surface area contributed by atoms with E-state index in [-0.39, 0.29) is 11.9 Å². The van der Waals surface area contributed by atoms with Gasteiger partial charge in [0.2, 0.25) is 5.91 Å². The first-order chi connectivity index (χ1) is 7.06. The smallest absolute Gasteiger partial charge is 0.336 e. The molecule has 1 aliphatic rings. The number of thioether (sulfide) groups is 1. The first-order valence-corrected chi connectivity index (χ1v) is 5.40. The first kappa shape index (κ1) is 11.8. The van der Waals surface area contributed by atoms with Crippen LogP contribution in [0.15, 0.2) is 5.16 Å². The summed E-state index contributed by atoms with van der Waals surface area (Å²) >= 11 is 1.29. The summed E-state index contributed by atoms with van der Waals surface area (Å²) in [7, 11) is 3.15. The number of carbonyl (C=O) groups excluding carboxylic acids is 2. The van der Waals surface area contributed by atoms with E-state index in [0.29, 0.717) is 10.8 Å². The van der Waals surface area contributed by atoms with Gasteiger partial charge >= 0.3 is 6.09 Å². The molecule has 1 atom stereocenters. The number of hydrogen-bond acceptors (Lipinski definition) is 5. The average molecular weight is 231 g/mol. The van der Waals surface area contributed by atoms with Crippen LogP contribution >= 0.6 is 11.8 Å². The van der Waals surface area contributed by atoms with Crippen molar-refractivity contribution in [1.29, 1.82) is 0 Å². The Balaban J connectivity index is 2.63. The summed E-state index contributed by atoms with van der Waals surface area (Å²) in [6.45, 7) is 1.83. The molecule has 7 heteroatoms. The highest BCUT2D eigenvalue weighted by atomic mass is 32.2. The summed E-state index contributed by atoms with van der Waals surface area (Å²) < 4.78 is 0. The maximum absolute atomic E-state index is 11.3. The number of nitrogens with one attached hydrogen (secondary N) is 1. The Morgan fingerprint density at radius 3 is 3.00 bits per heavy atom. The van der Waals surface area contributed by atoms with E-state index in [0.717, 1.165) is 0 Å². The molecule has 0 aromatic heterocycles. The van der Waals surface area contributed by atoms with Gasteiger partial charge in [-0.2, -0.15) is 0 Å². The van der Waals surface area contributed by atoms with Crippen LogP contribution in [-0.2, 0) is 9.63 Å². The number of oxime groups is 1. The maximum Gasteiger partial charge on any atom is 0.433 e. The summed E-state index contributed by atoms with van der Waals surface area (Å²) in [6, 6.07) is -0.152. The van der Waals surface area contributed by atoms with Gasteiger partial charge in [-0.15, -0.1) is 0 Å². The van der Waals surface area contributed by atoms with E-state index in [1.165, 1.54) is 18.8 Å². The number of carbonyl (C=O) groups is 2. The third-order valence-electron chi connectivity index (χ3n) is 2.10. The Morgan fingerprint density at radius 2 is 2.40 bits per heavy atom. The quantitative estimate of drug-likeness (QED) is 0.518. The fourth-order valence-corrected chi connectivity index (χ4v) is 1.94. The van der Waals surface area contributed by atoms with E-state index in [1.54, 1.807) is 11.9 Å². The van der Waals surface area contributed by atoms with Crippen LogP contribution in [0.25, 0.3) is 0 Å². The van der Waals surface area contributed by atoms with Gasteiger partial charge in [0.25, 0.3) is 0 Å². The summed E-state index contributed by atoms with van der Waals surface area (Å²) in [5.74, 6) is 0.378. The zero-order chi connectivity index (χ0) is 11.4. The summed E-state index contributed by atoms with van der Waals surface area (Å²) in [4.78, 5) is 28.2. The van der Waals surface area contributed by atoms with Crippen LogP contribution in [0.2, 0.25) is 0 Å². The molecular weight excluding hydrogens is 218 g/mol. The molecule has 84 valence electrons. The highest BCUT2D eigenvalue weighted by Gasteiger charge is 2.28. The van der Waals surface area contributed by atoms with Crippen molar-refractivity contribution < 1.29 is 14.4 Å². The Labute approximate surface area is 92.0 Å². The molecule has 6 nitrogen and oxygen atoms in total. The van der Waals surface area contributed by atoms with Crippen LogP contribution < -0.4 is 5.32 Å². The lowest BCUT2D eigenvalue weighted by atomic mass is 10.3. The third-order valence-corrected chi connectivity index (χ3v) is 3.20. The topological polar surface area (TPSA) is 71.0 Å². The monoisotopic (exact) mass is 231 g/mol. The van der Waals surface area contributed by atoms with E-state index in [9.17, 15) is 9.59 Å². The minimum absolute atomic E-state index is 0.0476. The van der Waals surface area contributed by atoms with Crippen LogP contribution in [0.3, 0.4) is 0 Å². The molecule has 0 aromatic rings. The van der Waals surface area contributed by atoms with Crippen LogP contribution in [-0.4, -0.2) is 47.8 Å². The lowest BCUT2D eigenvalue weighted by Crippen LogP contribution is -2.44. The van der Waals surface area contributed by atoms with Crippen LogP contribution in [0, 0.1) is 0 Å². The van der Waals surface area contributed by atoms with Crippen molar-refractivity contribution in [1.82, 2.24) is 10.2 Å². The van der Waals surface area contributed by atoms with E-state index in [2.05, 4.69) is 15.3 Å². The largest absolute Gasteiger partial charge is 0.433 e. The molecule has 1 N–H and O–H groups in total. The average Bonchev–Trinajstić information content (AvgIpc) is 2.24. The van der Waals surface area contributed by atoms with Crippen LogP contribution in [0.4, 0.5) is 4.79 Å². The number of nitrogens with zero attached hydrogens (tertiary/aromatic N) is 2. The number of amides is 2. The van der Waals surface area contributed by atoms with Crippen LogP contribution in [0.1, 0.15) is 6.92 Å². The molecule has 1 unspecified atom stereocenters. The van der Waals surface area contributed by atoms with Gasteiger partial charge in [0, 0.05) is 14.1 Å². The van der Waals surface area contributed by atoms with Gasteiger partial charge in [0.05, 0.1) is 11.8 Å². The molecule has 0 saturated carbocycles. The Hall–Kier alpha value is -1.24. The highest BCUT2D eigenvalue weighted by Crippen LogP contribution is 2.19. The zero-order valence-corrected chi connectivity index (χ0v) is 9.63. The molecule has 1 saturated heterocycles. The minimum atomic E-state index is -0.616.